The Bertz CT molecular complexity index is 706. The van der Waals surface area contributed by atoms with Gasteiger partial charge in [-0.15, -0.1) is 0 Å². The number of ether oxygens (including phenoxy) is 1. The zero-order valence-corrected chi connectivity index (χ0v) is 11.1. The fourth-order valence-corrected chi connectivity index (χ4v) is 1.47. The van der Waals surface area contributed by atoms with Crippen LogP contribution in [0.15, 0.2) is 16.2 Å². The van der Waals surface area contributed by atoms with Gasteiger partial charge >= 0.3 is 0 Å². The van der Waals surface area contributed by atoms with Crippen molar-refractivity contribution in [2.75, 3.05) is 12.3 Å². The van der Waals surface area contributed by atoms with Crippen LogP contribution in [0.5, 0.6) is 0 Å². The largest absolute Gasteiger partial charge is 0.375 e. The Morgan fingerprint density at radius 1 is 1.70 bits per heavy atom. The van der Waals surface area contributed by atoms with Gasteiger partial charge in [-0.2, -0.15) is 10.1 Å². The van der Waals surface area contributed by atoms with Crippen LogP contribution in [0.3, 0.4) is 0 Å². The number of hydrogen-bond acceptors (Lipinski definition) is 7. The fraction of sp³-hybridized carbons (Fsp3) is 0.222. The van der Waals surface area contributed by atoms with Crippen molar-refractivity contribution in [3.63, 3.8) is 0 Å². The highest BCUT2D eigenvalue weighted by atomic mass is 32.1. The summed E-state index contributed by atoms with van der Waals surface area (Å²) in [5.74, 6) is 0.0199. The smallest absolute Gasteiger partial charge is 0.280 e. The van der Waals surface area contributed by atoms with E-state index in [9.17, 15) is 4.79 Å². The first-order valence-corrected chi connectivity index (χ1v) is 5.84. The molecule has 0 atom stereocenters. The second-order valence-corrected chi connectivity index (χ2v) is 4.07. The summed E-state index contributed by atoms with van der Waals surface area (Å²) in [5, 5.41) is 3.77. The number of rotatable bonds is 5. The SMILES string of the molecule is NC(=S)N/N=C/COCn1cnc2c(=O)[nH]c(N)nc21. The molecule has 0 bridgehead atoms. The average molecular weight is 296 g/mol. The maximum Gasteiger partial charge on any atom is 0.280 e. The van der Waals surface area contributed by atoms with Gasteiger partial charge in [-0.25, -0.2) is 4.98 Å². The zero-order valence-electron chi connectivity index (χ0n) is 10.2. The molecule has 0 radical (unpaired) electrons. The highest BCUT2D eigenvalue weighted by Crippen LogP contribution is 2.05. The van der Waals surface area contributed by atoms with Crippen molar-refractivity contribution in [1.82, 2.24) is 24.9 Å². The third-order valence-corrected chi connectivity index (χ3v) is 2.27. The lowest BCUT2D eigenvalue weighted by Crippen LogP contribution is -2.24. The first kappa shape index (κ1) is 13.9. The molecule has 106 valence electrons. The standard InChI is InChI=1S/C9H12N8O2S/c10-8-14-6-5(7(18)15-8)12-3-17(6)4-19-2-1-13-16-9(11)20/h1,3H,2,4H2,(H3,11,16,20)(H3,10,14,15,18)/b13-1+. The van der Waals surface area contributed by atoms with Crippen molar-refractivity contribution in [1.29, 1.82) is 0 Å². The van der Waals surface area contributed by atoms with Gasteiger partial charge in [-0.3, -0.25) is 19.8 Å². The Labute approximate surface area is 117 Å². The summed E-state index contributed by atoms with van der Waals surface area (Å²) in [6.07, 6.45) is 2.89. The quantitative estimate of drug-likeness (QED) is 0.225. The van der Waals surface area contributed by atoms with E-state index in [0.717, 1.165) is 0 Å². The van der Waals surface area contributed by atoms with Gasteiger partial charge < -0.3 is 16.2 Å². The van der Waals surface area contributed by atoms with E-state index < -0.39 is 5.56 Å². The van der Waals surface area contributed by atoms with E-state index in [0.29, 0.717) is 5.65 Å². The van der Waals surface area contributed by atoms with Gasteiger partial charge in [0.1, 0.15) is 6.73 Å². The van der Waals surface area contributed by atoms with Crippen molar-refractivity contribution >= 4 is 40.7 Å². The van der Waals surface area contributed by atoms with Crippen molar-refractivity contribution in [3.05, 3.63) is 16.7 Å². The highest BCUT2D eigenvalue weighted by Gasteiger charge is 2.08. The molecular weight excluding hydrogens is 284 g/mol. The van der Waals surface area contributed by atoms with Crippen molar-refractivity contribution in [2.24, 2.45) is 10.8 Å². The van der Waals surface area contributed by atoms with E-state index in [1.165, 1.54) is 12.5 Å². The molecule has 10 nitrogen and oxygen atoms in total. The summed E-state index contributed by atoms with van der Waals surface area (Å²) in [6.45, 7) is 0.361. The number of hydrogen-bond donors (Lipinski definition) is 4. The van der Waals surface area contributed by atoms with Gasteiger partial charge in [0, 0.05) is 0 Å². The number of nitrogens with two attached hydrogens (primary N) is 2. The van der Waals surface area contributed by atoms with Crippen molar-refractivity contribution in [3.8, 4) is 0 Å². The average Bonchev–Trinajstić information content (AvgIpc) is 2.76. The number of fused-ring (bicyclic) bond motifs is 1. The maximum atomic E-state index is 11.5. The Balaban J connectivity index is 1.99. The van der Waals surface area contributed by atoms with E-state index in [-0.39, 0.29) is 29.9 Å². The van der Waals surface area contributed by atoms with Crippen LogP contribution in [0.2, 0.25) is 0 Å². The molecule has 0 saturated carbocycles. The van der Waals surface area contributed by atoms with Gasteiger partial charge in [0.2, 0.25) is 5.95 Å². The third-order valence-electron chi connectivity index (χ3n) is 2.18. The van der Waals surface area contributed by atoms with Crippen LogP contribution in [0.4, 0.5) is 5.95 Å². The summed E-state index contributed by atoms with van der Waals surface area (Å²) >= 11 is 4.56. The van der Waals surface area contributed by atoms with Crippen LogP contribution < -0.4 is 22.5 Å². The Morgan fingerprint density at radius 3 is 3.25 bits per heavy atom. The van der Waals surface area contributed by atoms with Gasteiger partial charge in [-0.05, 0) is 12.2 Å². The van der Waals surface area contributed by atoms with Gasteiger partial charge in [0.15, 0.2) is 16.3 Å². The molecule has 0 aliphatic carbocycles. The first-order valence-electron chi connectivity index (χ1n) is 5.43. The number of H-pyrrole nitrogens is 1. The topological polar surface area (TPSA) is 149 Å². The number of thiocarbonyl (C=S) groups is 1. The second kappa shape index (κ2) is 6.08. The second-order valence-electron chi connectivity index (χ2n) is 3.63. The number of anilines is 1. The molecule has 0 aliphatic heterocycles. The molecule has 0 amide bonds. The molecule has 0 aromatic carbocycles. The van der Waals surface area contributed by atoms with Crippen LogP contribution in [-0.2, 0) is 11.5 Å². The Morgan fingerprint density at radius 2 is 2.50 bits per heavy atom. The molecule has 6 N–H and O–H groups in total. The maximum absolute atomic E-state index is 11.5. The highest BCUT2D eigenvalue weighted by molar-refractivity contribution is 7.80. The Hall–Kier alpha value is -2.53. The number of aromatic amines is 1. The number of nitrogens with zero attached hydrogens (tertiary/aromatic N) is 4. The van der Waals surface area contributed by atoms with E-state index in [1.807, 2.05) is 0 Å². The van der Waals surface area contributed by atoms with Crippen LogP contribution in [0, 0.1) is 0 Å². The normalized spacial score (nSPS) is 11.2. The van der Waals surface area contributed by atoms with Crippen LogP contribution in [0.1, 0.15) is 0 Å². The predicted octanol–water partition coefficient (Wildman–Crippen LogP) is -1.51. The number of imidazole rings is 1. The summed E-state index contributed by atoms with van der Waals surface area (Å²) in [6, 6.07) is 0. The van der Waals surface area contributed by atoms with Crippen LogP contribution >= 0.6 is 12.2 Å². The first-order chi connectivity index (χ1) is 9.58. The molecule has 0 fully saturated rings. The third kappa shape index (κ3) is 3.27. The number of hydrazone groups is 1. The van der Waals surface area contributed by atoms with E-state index >= 15 is 0 Å². The molecule has 2 aromatic rings. The fourth-order valence-electron chi connectivity index (χ4n) is 1.42. The van der Waals surface area contributed by atoms with Crippen molar-refractivity contribution < 1.29 is 4.74 Å². The van der Waals surface area contributed by atoms with Crippen LogP contribution in [-0.4, -0.2) is 37.5 Å². The van der Waals surface area contributed by atoms with E-state index in [4.69, 9.17) is 16.2 Å². The summed E-state index contributed by atoms with van der Waals surface area (Å²) in [5.41, 5.74) is 13.2. The lowest BCUT2D eigenvalue weighted by molar-refractivity contribution is 0.112. The number of nitrogens with one attached hydrogen (secondary N) is 2. The molecule has 0 unspecified atom stereocenters. The number of nitrogen functional groups attached to an aromatic ring is 1. The molecule has 2 aromatic heterocycles. The number of aromatic nitrogens is 4. The minimum absolute atomic E-state index is 0.0199. The van der Waals surface area contributed by atoms with Gasteiger partial charge in [0.25, 0.3) is 5.56 Å². The monoisotopic (exact) mass is 296 g/mol. The molecular formula is C9H12N8O2S. The predicted molar refractivity (Wildman–Crippen MR) is 76.9 cm³/mol. The Kier molecular flexibility index (Phi) is 4.22. The molecule has 0 saturated heterocycles. The van der Waals surface area contributed by atoms with E-state index in [1.54, 1.807) is 4.57 Å². The van der Waals surface area contributed by atoms with Crippen LogP contribution in [0.25, 0.3) is 11.2 Å². The summed E-state index contributed by atoms with van der Waals surface area (Å²) in [4.78, 5) is 21.8. The van der Waals surface area contributed by atoms with E-state index in [2.05, 4.69) is 37.7 Å². The zero-order chi connectivity index (χ0) is 14.5. The molecule has 0 aliphatic rings. The molecule has 20 heavy (non-hydrogen) atoms. The lowest BCUT2D eigenvalue weighted by Gasteiger charge is -2.03. The molecule has 2 rings (SSSR count). The summed E-state index contributed by atoms with van der Waals surface area (Å²) in [7, 11) is 0. The molecule has 0 spiro atoms. The lowest BCUT2D eigenvalue weighted by atomic mass is 10.5. The minimum atomic E-state index is -0.395. The summed E-state index contributed by atoms with van der Waals surface area (Å²) < 4.78 is 6.86. The van der Waals surface area contributed by atoms with Gasteiger partial charge in [-0.1, -0.05) is 0 Å². The van der Waals surface area contributed by atoms with Crippen molar-refractivity contribution in [2.45, 2.75) is 6.73 Å². The van der Waals surface area contributed by atoms with Gasteiger partial charge in [0.05, 0.1) is 19.1 Å². The molecule has 11 heteroatoms. The minimum Gasteiger partial charge on any atom is -0.375 e. The molecule has 2 heterocycles.